The van der Waals surface area contributed by atoms with Gasteiger partial charge in [-0.25, -0.2) is 0 Å². The van der Waals surface area contributed by atoms with Crippen molar-refractivity contribution in [1.29, 1.82) is 0 Å². The number of likely N-dealkylation sites (tertiary alicyclic amines) is 2. The second-order valence-electron chi connectivity index (χ2n) is 6.41. The maximum atomic E-state index is 12.3. The van der Waals surface area contributed by atoms with E-state index in [0.29, 0.717) is 18.4 Å². The van der Waals surface area contributed by atoms with E-state index in [1.54, 1.807) is 11.8 Å². The summed E-state index contributed by atoms with van der Waals surface area (Å²) in [5.74, 6) is 1.83. The average Bonchev–Trinajstić information content (AvgIpc) is 3.17. The summed E-state index contributed by atoms with van der Waals surface area (Å²) in [6, 6.07) is 0. The van der Waals surface area contributed by atoms with E-state index in [4.69, 9.17) is 0 Å². The Morgan fingerprint density at radius 3 is 2.77 bits per heavy atom. The largest absolute Gasteiger partial charge is 0.338 e. The minimum atomic E-state index is 0.330. The van der Waals surface area contributed by atoms with Gasteiger partial charge in [-0.15, -0.1) is 10.2 Å². The van der Waals surface area contributed by atoms with Crippen LogP contribution in [0.5, 0.6) is 0 Å². The predicted octanol–water partition coefficient (Wildman–Crippen LogP) is -0.0783. The van der Waals surface area contributed by atoms with Gasteiger partial charge >= 0.3 is 0 Å². The van der Waals surface area contributed by atoms with Crippen LogP contribution < -0.4 is 4.90 Å². The zero-order valence-corrected chi connectivity index (χ0v) is 14.4. The molecule has 0 radical (unpaired) electrons. The molecule has 7 heteroatoms. The number of hydrogen-bond donors (Lipinski definition) is 1. The summed E-state index contributed by atoms with van der Waals surface area (Å²) >= 11 is 1.63. The molecule has 1 aromatic heterocycles. The van der Waals surface area contributed by atoms with Crippen LogP contribution in [0.1, 0.15) is 37.4 Å². The molecule has 1 N–H and O–H groups in total. The van der Waals surface area contributed by atoms with E-state index < -0.39 is 0 Å². The zero-order valence-electron chi connectivity index (χ0n) is 13.5. The Labute approximate surface area is 136 Å². The van der Waals surface area contributed by atoms with Gasteiger partial charge in [-0.05, 0) is 31.9 Å². The Bertz CT molecular complexity index is 526. The maximum absolute atomic E-state index is 12.3. The topological polar surface area (TPSA) is 55.5 Å². The SMILES string of the molecule is CSc1nnc([C@@H]2CCC[NH+](CC(=O)N3CCCC3)C2)n1C. The maximum Gasteiger partial charge on any atom is 0.277 e. The van der Waals surface area contributed by atoms with Crippen molar-refractivity contribution < 1.29 is 9.69 Å². The zero-order chi connectivity index (χ0) is 15.5. The molecule has 1 unspecified atom stereocenters. The first-order valence-electron chi connectivity index (χ1n) is 8.23. The van der Waals surface area contributed by atoms with Crippen molar-refractivity contribution >= 4 is 17.7 Å². The van der Waals surface area contributed by atoms with E-state index in [1.807, 2.05) is 18.2 Å². The first kappa shape index (κ1) is 15.8. The number of nitrogens with one attached hydrogen (secondary N) is 1. The van der Waals surface area contributed by atoms with Gasteiger partial charge in [-0.3, -0.25) is 4.79 Å². The summed E-state index contributed by atoms with van der Waals surface area (Å²) in [6.45, 7) is 4.65. The third-order valence-electron chi connectivity index (χ3n) is 4.89. The van der Waals surface area contributed by atoms with Crippen LogP contribution in [-0.4, -0.2) is 64.6 Å². The molecular weight excluding hydrogens is 298 g/mol. The van der Waals surface area contributed by atoms with Crippen molar-refractivity contribution in [1.82, 2.24) is 19.7 Å². The molecule has 22 heavy (non-hydrogen) atoms. The quantitative estimate of drug-likeness (QED) is 0.787. The van der Waals surface area contributed by atoms with Crippen LogP contribution in [0.3, 0.4) is 0 Å². The van der Waals surface area contributed by atoms with E-state index in [-0.39, 0.29) is 0 Å². The van der Waals surface area contributed by atoms with Crippen LogP contribution in [-0.2, 0) is 11.8 Å². The van der Waals surface area contributed by atoms with Crippen molar-refractivity contribution in [3.63, 3.8) is 0 Å². The second-order valence-corrected chi connectivity index (χ2v) is 7.19. The van der Waals surface area contributed by atoms with Gasteiger partial charge in [0.1, 0.15) is 5.82 Å². The molecule has 1 aromatic rings. The van der Waals surface area contributed by atoms with Gasteiger partial charge in [-0.2, -0.15) is 0 Å². The molecule has 1 amide bonds. The van der Waals surface area contributed by atoms with Crippen molar-refractivity contribution in [2.75, 3.05) is 39.0 Å². The first-order valence-corrected chi connectivity index (χ1v) is 9.46. The first-order chi connectivity index (χ1) is 10.7. The van der Waals surface area contributed by atoms with Gasteiger partial charge in [-0.1, -0.05) is 11.8 Å². The summed E-state index contributed by atoms with van der Waals surface area (Å²) < 4.78 is 2.11. The van der Waals surface area contributed by atoms with Crippen molar-refractivity contribution in [3.05, 3.63) is 5.82 Å². The fraction of sp³-hybridized carbons (Fsp3) is 0.800. The minimum Gasteiger partial charge on any atom is -0.338 e. The Hall–Kier alpha value is -1.08. The molecule has 0 aliphatic carbocycles. The predicted molar refractivity (Wildman–Crippen MR) is 86.1 cm³/mol. The van der Waals surface area contributed by atoms with Crippen LogP contribution in [0.4, 0.5) is 0 Å². The molecule has 2 saturated heterocycles. The van der Waals surface area contributed by atoms with Crippen molar-refractivity contribution in [2.24, 2.45) is 7.05 Å². The summed E-state index contributed by atoms with van der Waals surface area (Å²) in [4.78, 5) is 15.8. The lowest BCUT2D eigenvalue weighted by Gasteiger charge is -2.30. The molecule has 2 atom stereocenters. The number of quaternary nitrogens is 1. The second kappa shape index (κ2) is 7.00. The van der Waals surface area contributed by atoms with Crippen LogP contribution in [0.25, 0.3) is 0 Å². The van der Waals surface area contributed by atoms with Crippen LogP contribution in [0.2, 0.25) is 0 Å². The molecule has 122 valence electrons. The molecule has 3 heterocycles. The van der Waals surface area contributed by atoms with Crippen LogP contribution >= 0.6 is 11.8 Å². The Balaban J connectivity index is 1.61. The highest BCUT2D eigenvalue weighted by Gasteiger charge is 2.31. The summed E-state index contributed by atoms with van der Waals surface area (Å²) in [7, 11) is 2.05. The van der Waals surface area contributed by atoms with Crippen molar-refractivity contribution in [3.8, 4) is 0 Å². The van der Waals surface area contributed by atoms with Crippen LogP contribution in [0, 0.1) is 0 Å². The molecule has 3 rings (SSSR count). The van der Waals surface area contributed by atoms with E-state index in [1.165, 1.54) is 17.7 Å². The number of rotatable bonds is 4. The molecule has 0 saturated carbocycles. The summed E-state index contributed by atoms with van der Waals surface area (Å²) in [5.41, 5.74) is 0. The Morgan fingerprint density at radius 1 is 1.32 bits per heavy atom. The monoisotopic (exact) mass is 324 g/mol. The molecule has 2 aliphatic heterocycles. The van der Waals surface area contributed by atoms with Gasteiger partial charge < -0.3 is 14.4 Å². The smallest absolute Gasteiger partial charge is 0.277 e. The van der Waals surface area contributed by atoms with Gasteiger partial charge in [0.15, 0.2) is 11.7 Å². The highest BCUT2D eigenvalue weighted by Crippen LogP contribution is 2.22. The third-order valence-corrected chi connectivity index (χ3v) is 5.61. The van der Waals surface area contributed by atoms with E-state index in [9.17, 15) is 4.79 Å². The lowest BCUT2D eigenvalue weighted by Crippen LogP contribution is -3.14. The van der Waals surface area contributed by atoms with Crippen LogP contribution in [0.15, 0.2) is 5.16 Å². The lowest BCUT2D eigenvalue weighted by atomic mass is 9.97. The number of hydrogen-bond acceptors (Lipinski definition) is 4. The van der Waals surface area contributed by atoms with Gasteiger partial charge in [0.2, 0.25) is 0 Å². The van der Waals surface area contributed by atoms with E-state index in [2.05, 4.69) is 14.8 Å². The molecular formula is C15H26N5OS+. The van der Waals surface area contributed by atoms with E-state index in [0.717, 1.165) is 50.0 Å². The number of thioether (sulfide) groups is 1. The van der Waals surface area contributed by atoms with E-state index >= 15 is 0 Å². The lowest BCUT2D eigenvalue weighted by molar-refractivity contribution is -0.898. The fourth-order valence-electron chi connectivity index (χ4n) is 3.68. The molecule has 0 spiro atoms. The number of nitrogens with zero attached hydrogens (tertiary/aromatic N) is 4. The minimum absolute atomic E-state index is 0.330. The normalized spacial score (nSPS) is 25.6. The molecule has 0 bridgehead atoms. The number of amides is 1. The number of carbonyl (C=O) groups is 1. The molecule has 2 fully saturated rings. The average molecular weight is 324 g/mol. The Kier molecular flexibility index (Phi) is 5.03. The standard InChI is InChI=1S/C15H25N5OS/c1-18-14(16-17-15(18)22-2)12-6-5-7-19(10-12)11-13(21)20-8-3-4-9-20/h12H,3-11H2,1-2H3/p+1/t12-/m1/s1. The Morgan fingerprint density at radius 2 is 2.09 bits per heavy atom. The molecule has 6 nitrogen and oxygen atoms in total. The molecule has 0 aromatic carbocycles. The fourth-order valence-corrected chi connectivity index (χ4v) is 4.17. The summed E-state index contributed by atoms with van der Waals surface area (Å²) in [5, 5.41) is 9.60. The molecule has 2 aliphatic rings. The highest BCUT2D eigenvalue weighted by atomic mass is 32.2. The van der Waals surface area contributed by atoms with Gasteiger partial charge in [0.05, 0.1) is 19.0 Å². The van der Waals surface area contributed by atoms with Gasteiger partial charge in [0, 0.05) is 20.1 Å². The number of piperidine rings is 1. The van der Waals surface area contributed by atoms with Crippen molar-refractivity contribution in [2.45, 2.75) is 36.8 Å². The summed E-state index contributed by atoms with van der Waals surface area (Å²) in [6.07, 6.45) is 6.68. The highest BCUT2D eigenvalue weighted by molar-refractivity contribution is 7.98. The van der Waals surface area contributed by atoms with Gasteiger partial charge in [0.25, 0.3) is 5.91 Å². The third kappa shape index (κ3) is 3.30. The number of aromatic nitrogens is 3. The number of carbonyl (C=O) groups excluding carboxylic acids is 1.